The van der Waals surface area contributed by atoms with Gasteiger partial charge in [0, 0.05) is 11.6 Å². The van der Waals surface area contributed by atoms with E-state index in [2.05, 4.69) is 0 Å². The van der Waals surface area contributed by atoms with Crippen molar-refractivity contribution in [3.05, 3.63) is 48.2 Å². The summed E-state index contributed by atoms with van der Waals surface area (Å²) in [5, 5.41) is 0. The Balaban J connectivity index is 2.36. The van der Waals surface area contributed by atoms with Crippen LogP contribution in [0.1, 0.15) is 33.3 Å². The monoisotopic (exact) mass is 375 g/mol. The molecule has 1 heterocycles. The zero-order valence-corrected chi connectivity index (χ0v) is 16.1. The molecule has 146 valence electrons. The Morgan fingerprint density at radius 3 is 2.00 bits per heavy atom. The first kappa shape index (κ1) is 20.5. The molecule has 7 nitrogen and oxygen atoms in total. The molecule has 0 saturated carbocycles. The van der Waals surface area contributed by atoms with Crippen LogP contribution >= 0.6 is 0 Å². The van der Waals surface area contributed by atoms with Crippen LogP contribution in [-0.4, -0.2) is 41.7 Å². The molecule has 0 N–H and O–H groups in total. The van der Waals surface area contributed by atoms with Gasteiger partial charge in [-0.05, 0) is 19.4 Å². The first-order valence-corrected chi connectivity index (χ1v) is 8.85. The summed E-state index contributed by atoms with van der Waals surface area (Å²) in [4.78, 5) is 39.5. The maximum Gasteiger partial charge on any atom is 0.415 e. The molecular weight excluding hydrogens is 350 g/mol. The van der Waals surface area contributed by atoms with Crippen molar-refractivity contribution in [1.82, 2.24) is 4.90 Å². The summed E-state index contributed by atoms with van der Waals surface area (Å²) >= 11 is 0. The number of hydrogen-bond donors (Lipinski definition) is 0. The van der Waals surface area contributed by atoms with E-state index in [1.807, 2.05) is 18.2 Å². The molecule has 0 saturated heterocycles. The van der Waals surface area contributed by atoms with Gasteiger partial charge in [-0.15, -0.1) is 0 Å². The minimum atomic E-state index is -1.98. The molecule has 0 aromatic heterocycles. The topological polar surface area (TPSA) is 82.1 Å². The fourth-order valence-electron chi connectivity index (χ4n) is 3.07. The van der Waals surface area contributed by atoms with Gasteiger partial charge in [0.2, 0.25) is 0 Å². The fourth-order valence-corrected chi connectivity index (χ4v) is 3.07. The number of benzene rings is 1. The van der Waals surface area contributed by atoms with Gasteiger partial charge in [-0.3, -0.25) is 4.90 Å². The van der Waals surface area contributed by atoms with Crippen LogP contribution in [0.25, 0.3) is 0 Å². The van der Waals surface area contributed by atoms with E-state index in [9.17, 15) is 14.4 Å². The lowest BCUT2D eigenvalue weighted by Crippen LogP contribution is -2.66. The molecule has 0 aliphatic carbocycles. The molecular formula is C20H25NO6. The maximum atomic E-state index is 12.9. The molecule has 0 unspecified atom stereocenters. The zero-order valence-electron chi connectivity index (χ0n) is 16.1. The van der Waals surface area contributed by atoms with E-state index in [1.54, 1.807) is 45.9 Å². The van der Waals surface area contributed by atoms with Crippen LogP contribution in [0.15, 0.2) is 42.6 Å². The van der Waals surface area contributed by atoms with Crippen LogP contribution in [0.4, 0.5) is 4.79 Å². The van der Waals surface area contributed by atoms with Crippen molar-refractivity contribution in [1.29, 1.82) is 0 Å². The number of esters is 2. The van der Waals surface area contributed by atoms with Gasteiger partial charge in [0.1, 0.15) is 6.61 Å². The second-order valence-corrected chi connectivity index (χ2v) is 6.60. The summed E-state index contributed by atoms with van der Waals surface area (Å²) in [6.07, 6.45) is 2.15. The van der Waals surface area contributed by atoms with Crippen LogP contribution in [-0.2, 0) is 30.4 Å². The van der Waals surface area contributed by atoms with Crippen LogP contribution in [0.3, 0.4) is 0 Å². The van der Waals surface area contributed by atoms with Crippen molar-refractivity contribution < 1.29 is 28.6 Å². The van der Waals surface area contributed by atoms with E-state index in [-0.39, 0.29) is 19.8 Å². The summed E-state index contributed by atoms with van der Waals surface area (Å²) in [5.74, 6) is -1.70. The lowest BCUT2D eigenvalue weighted by atomic mass is 9.73. The average molecular weight is 375 g/mol. The second kappa shape index (κ2) is 8.24. The van der Waals surface area contributed by atoms with E-state index in [1.165, 1.54) is 6.20 Å². The average Bonchev–Trinajstić information content (AvgIpc) is 2.93. The SMILES string of the molecule is CCOC(=O)C1(C(=O)OCC)N(C(=O)OCc2ccccc2)C=CC1(C)C. The summed E-state index contributed by atoms with van der Waals surface area (Å²) in [6.45, 7) is 6.72. The Kier molecular flexibility index (Phi) is 6.25. The third-order valence-electron chi connectivity index (χ3n) is 4.48. The molecule has 2 rings (SSSR count). The minimum absolute atomic E-state index is 0.00612. The van der Waals surface area contributed by atoms with Crippen LogP contribution < -0.4 is 0 Å². The van der Waals surface area contributed by atoms with E-state index >= 15 is 0 Å². The number of nitrogens with zero attached hydrogens (tertiary/aromatic N) is 1. The Bertz CT molecular complexity index is 707. The van der Waals surface area contributed by atoms with Gasteiger partial charge in [-0.25, -0.2) is 14.4 Å². The standard InChI is InChI=1S/C20H25NO6/c1-5-25-16(22)20(17(23)26-6-2)19(3,4)12-13-21(20)18(24)27-14-15-10-8-7-9-11-15/h7-13H,5-6,14H2,1-4H3. The molecule has 1 aliphatic heterocycles. The van der Waals surface area contributed by atoms with E-state index < -0.39 is 29.0 Å². The molecule has 1 amide bonds. The van der Waals surface area contributed by atoms with Crippen molar-refractivity contribution in [2.45, 2.75) is 39.8 Å². The number of amides is 1. The number of hydrogen-bond acceptors (Lipinski definition) is 6. The molecule has 1 aromatic carbocycles. The highest BCUT2D eigenvalue weighted by molar-refractivity contribution is 6.09. The van der Waals surface area contributed by atoms with E-state index in [4.69, 9.17) is 14.2 Å². The molecule has 27 heavy (non-hydrogen) atoms. The Morgan fingerprint density at radius 2 is 1.48 bits per heavy atom. The molecule has 7 heteroatoms. The summed E-state index contributed by atoms with van der Waals surface area (Å²) in [6, 6.07) is 9.11. The molecule has 0 fully saturated rings. The maximum absolute atomic E-state index is 12.9. The molecule has 1 aromatic rings. The van der Waals surface area contributed by atoms with Gasteiger partial charge in [-0.2, -0.15) is 0 Å². The summed E-state index contributed by atoms with van der Waals surface area (Å²) < 4.78 is 15.6. The highest BCUT2D eigenvalue weighted by atomic mass is 16.6. The van der Waals surface area contributed by atoms with Crippen molar-refractivity contribution in [3.63, 3.8) is 0 Å². The van der Waals surface area contributed by atoms with Gasteiger partial charge in [0.25, 0.3) is 5.54 Å². The van der Waals surface area contributed by atoms with Crippen molar-refractivity contribution in [3.8, 4) is 0 Å². The molecule has 0 bridgehead atoms. The van der Waals surface area contributed by atoms with Crippen LogP contribution in [0, 0.1) is 5.41 Å². The predicted molar refractivity (Wildman–Crippen MR) is 97.4 cm³/mol. The van der Waals surface area contributed by atoms with Gasteiger partial charge in [0.15, 0.2) is 0 Å². The Hall–Kier alpha value is -2.83. The van der Waals surface area contributed by atoms with Gasteiger partial charge >= 0.3 is 18.0 Å². The van der Waals surface area contributed by atoms with Crippen molar-refractivity contribution >= 4 is 18.0 Å². The third kappa shape index (κ3) is 3.67. The Morgan fingerprint density at radius 1 is 0.926 bits per heavy atom. The minimum Gasteiger partial charge on any atom is -0.464 e. The van der Waals surface area contributed by atoms with Crippen molar-refractivity contribution in [2.75, 3.05) is 13.2 Å². The van der Waals surface area contributed by atoms with Gasteiger partial charge in [-0.1, -0.05) is 50.3 Å². The molecule has 0 radical (unpaired) electrons. The second-order valence-electron chi connectivity index (χ2n) is 6.60. The van der Waals surface area contributed by atoms with Gasteiger partial charge < -0.3 is 14.2 Å². The Labute approximate surface area is 158 Å². The fraction of sp³-hybridized carbons (Fsp3) is 0.450. The molecule has 0 spiro atoms. The normalized spacial score (nSPS) is 16.7. The number of ether oxygens (including phenoxy) is 3. The largest absolute Gasteiger partial charge is 0.464 e. The quantitative estimate of drug-likeness (QED) is 0.432. The van der Waals surface area contributed by atoms with Crippen LogP contribution in [0.5, 0.6) is 0 Å². The lowest BCUT2D eigenvalue weighted by Gasteiger charge is -2.40. The number of carbonyl (C=O) groups excluding carboxylic acids is 3. The van der Waals surface area contributed by atoms with Gasteiger partial charge in [0.05, 0.1) is 13.2 Å². The highest BCUT2D eigenvalue weighted by Gasteiger charge is 2.67. The lowest BCUT2D eigenvalue weighted by molar-refractivity contribution is -0.177. The van der Waals surface area contributed by atoms with E-state index in [0.29, 0.717) is 0 Å². The molecule has 0 atom stereocenters. The van der Waals surface area contributed by atoms with Crippen LogP contribution in [0.2, 0.25) is 0 Å². The summed E-state index contributed by atoms with van der Waals surface area (Å²) in [5.41, 5.74) is -2.24. The third-order valence-corrected chi connectivity index (χ3v) is 4.48. The number of carbonyl (C=O) groups is 3. The predicted octanol–water partition coefficient (Wildman–Crippen LogP) is 3.04. The first-order valence-electron chi connectivity index (χ1n) is 8.85. The number of rotatable bonds is 6. The zero-order chi connectivity index (χ0) is 20.1. The smallest absolute Gasteiger partial charge is 0.415 e. The van der Waals surface area contributed by atoms with E-state index in [0.717, 1.165) is 10.5 Å². The van der Waals surface area contributed by atoms with Crippen molar-refractivity contribution in [2.24, 2.45) is 5.41 Å². The first-order chi connectivity index (χ1) is 12.8. The summed E-state index contributed by atoms with van der Waals surface area (Å²) in [7, 11) is 0. The molecule has 1 aliphatic rings. The highest BCUT2D eigenvalue weighted by Crippen LogP contribution is 2.45.